The minimum absolute atomic E-state index is 0.116. The number of carbonyl (C=O) groups is 2. The number of carbonyl (C=O) groups excluding carboxylic acids is 1. The Balaban J connectivity index is 2.05. The standard InChI is InChI=1S/C16H14N2O4/c1-22-13-8-6-11(7-9-13)15(19)18-17-10-12-4-2-3-5-14(12)16(20)21/h2-10H,1H3,(H,18,19)(H,20,21). The summed E-state index contributed by atoms with van der Waals surface area (Å²) in [5, 5.41) is 12.8. The van der Waals surface area contributed by atoms with Gasteiger partial charge < -0.3 is 9.84 Å². The summed E-state index contributed by atoms with van der Waals surface area (Å²) in [7, 11) is 1.54. The van der Waals surface area contributed by atoms with Crippen molar-refractivity contribution in [2.24, 2.45) is 5.10 Å². The molecule has 0 aliphatic rings. The Hall–Kier alpha value is -3.15. The zero-order valence-corrected chi connectivity index (χ0v) is 11.8. The molecule has 0 saturated carbocycles. The summed E-state index contributed by atoms with van der Waals surface area (Å²) in [6.45, 7) is 0. The molecule has 0 aliphatic carbocycles. The van der Waals surface area contributed by atoms with E-state index in [-0.39, 0.29) is 5.56 Å². The molecule has 22 heavy (non-hydrogen) atoms. The molecule has 0 heterocycles. The van der Waals surface area contributed by atoms with E-state index in [1.165, 1.54) is 12.3 Å². The van der Waals surface area contributed by atoms with Gasteiger partial charge in [0.2, 0.25) is 0 Å². The van der Waals surface area contributed by atoms with Gasteiger partial charge in [-0.3, -0.25) is 4.79 Å². The van der Waals surface area contributed by atoms with Gasteiger partial charge in [0.25, 0.3) is 5.91 Å². The number of methoxy groups -OCH3 is 1. The van der Waals surface area contributed by atoms with E-state index >= 15 is 0 Å². The molecule has 2 rings (SSSR count). The number of rotatable bonds is 5. The minimum atomic E-state index is -1.05. The predicted molar refractivity (Wildman–Crippen MR) is 81.5 cm³/mol. The van der Waals surface area contributed by atoms with Crippen molar-refractivity contribution >= 4 is 18.1 Å². The Kier molecular flexibility index (Phi) is 4.87. The van der Waals surface area contributed by atoms with Gasteiger partial charge in [-0.15, -0.1) is 0 Å². The van der Waals surface area contributed by atoms with Crippen LogP contribution >= 0.6 is 0 Å². The highest BCUT2D eigenvalue weighted by Gasteiger charge is 2.07. The summed E-state index contributed by atoms with van der Waals surface area (Å²) in [5.74, 6) is -0.800. The third-order valence-electron chi connectivity index (χ3n) is 2.91. The molecule has 6 heteroatoms. The highest BCUT2D eigenvalue weighted by atomic mass is 16.5. The predicted octanol–water partition coefficient (Wildman–Crippen LogP) is 2.16. The van der Waals surface area contributed by atoms with Gasteiger partial charge in [-0.05, 0) is 30.3 Å². The highest BCUT2D eigenvalue weighted by Crippen LogP contribution is 2.11. The number of nitrogens with zero attached hydrogens (tertiary/aromatic N) is 1. The van der Waals surface area contributed by atoms with Gasteiger partial charge in [-0.2, -0.15) is 5.10 Å². The number of carboxylic acids is 1. The largest absolute Gasteiger partial charge is 0.497 e. The van der Waals surface area contributed by atoms with E-state index in [1.807, 2.05) is 0 Å². The van der Waals surface area contributed by atoms with Crippen LogP contribution in [0.15, 0.2) is 53.6 Å². The molecule has 0 spiro atoms. The van der Waals surface area contributed by atoms with Crippen LogP contribution in [-0.2, 0) is 0 Å². The lowest BCUT2D eigenvalue weighted by molar-refractivity contribution is 0.0696. The second kappa shape index (κ2) is 7.03. The maximum Gasteiger partial charge on any atom is 0.336 e. The SMILES string of the molecule is COc1ccc(C(=O)NN=Cc2ccccc2C(=O)O)cc1. The van der Waals surface area contributed by atoms with Crippen LogP contribution in [0.25, 0.3) is 0 Å². The molecule has 1 amide bonds. The van der Waals surface area contributed by atoms with E-state index in [0.29, 0.717) is 16.9 Å². The molecule has 0 bridgehead atoms. The lowest BCUT2D eigenvalue weighted by Crippen LogP contribution is -2.17. The van der Waals surface area contributed by atoms with Gasteiger partial charge in [0, 0.05) is 11.1 Å². The van der Waals surface area contributed by atoms with E-state index in [2.05, 4.69) is 10.5 Å². The van der Waals surface area contributed by atoms with E-state index in [9.17, 15) is 9.59 Å². The van der Waals surface area contributed by atoms with Crippen LogP contribution in [0.5, 0.6) is 5.75 Å². The van der Waals surface area contributed by atoms with Crippen molar-refractivity contribution in [1.29, 1.82) is 0 Å². The molecule has 0 aromatic heterocycles. The van der Waals surface area contributed by atoms with E-state index in [1.54, 1.807) is 49.6 Å². The van der Waals surface area contributed by atoms with Crippen molar-refractivity contribution in [3.05, 3.63) is 65.2 Å². The molecule has 2 N–H and O–H groups in total. The molecule has 0 unspecified atom stereocenters. The van der Waals surface area contributed by atoms with Gasteiger partial charge in [0.1, 0.15) is 5.75 Å². The number of nitrogens with one attached hydrogen (secondary N) is 1. The quantitative estimate of drug-likeness (QED) is 0.654. The normalized spacial score (nSPS) is 10.4. The Morgan fingerprint density at radius 2 is 1.82 bits per heavy atom. The fourth-order valence-corrected chi connectivity index (χ4v) is 1.77. The maximum atomic E-state index is 11.9. The molecule has 2 aromatic rings. The second-order valence-electron chi connectivity index (χ2n) is 4.32. The van der Waals surface area contributed by atoms with Crippen molar-refractivity contribution in [2.75, 3.05) is 7.11 Å². The first-order valence-corrected chi connectivity index (χ1v) is 6.41. The molecule has 0 saturated heterocycles. The molecule has 0 aliphatic heterocycles. The van der Waals surface area contributed by atoms with Gasteiger partial charge in [0.15, 0.2) is 0 Å². The topological polar surface area (TPSA) is 88.0 Å². The summed E-state index contributed by atoms with van der Waals surface area (Å²) >= 11 is 0. The smallest absolute Gasteiger partial charge is 0.336 e. The monoisotopic (exact) mass is 298 g/mol. The highest BCUT2D eigenvalue weighted by molar-refractivity contribution is 5.99. The van der Waals surface area contributed by atoms with Crippen molar-refractivity contribution in [3.63, 3.8) is 0 Å². The Labute approximate surface area is 127 Å². The third-order valence-corrected chi connectivity index (χ3v) is 2.91. The van der Waals surface area contributed by atoms with Crippen LogP contribution in [0.3, 0.4) is 0 Å². The molecular formula is C16H14N2O4. The first-order valence-electron chi connectivity index (χ1n) is 6.41. The molecule has 112 valence electrons. The number of carboxylic acid groups (broad SMARTS) is 1. The summed E-state index contributed by atoms with van der Waals surface area (Å²) in [5.41, 5.74) is 3.29. The fraction of sp³-hybridized carbons (Fsp3) is 0.0625. The van der Waals surface area contributed by atoms with E-state index in [0.717, 1.165) is 0 Å². The molecule has 6 nitrogen and oxygen atoms in total. The first kappa shape index (κ1) is 15.2. The maximum absolute atomic E-state index is 11.9. The number of amides is 1. The first-order chi connectivity index (χ1) is 10.6. The van der Waals surface area contributed by atoms with Gasteiger partial charge in [-0.25, -0.2) is 10.2 Å². The summed E-state index contributed by atoms with van der Waals surface area (Å²) < 4.78 is 5.01. The molecule has 0 fully saturated rings. The molecule has 2 aromatic carbocycles. The average molecular weight is 298 g/mol. The van der Waals surface area contributed by atoms with Crippen molar-refractivity contribution in [2.45, 2.75) is 0 Å². The van der Waals surface area contributed by atoms with Crippen molar-refractivity contribution in [3.8, 4) is 5.75 Å². The minimum Gasteiger partial charge on any atom is -0.497 e. The Morgan fingerprint density at radius 1 is 1.14 bits per heavy atom. The zero-order valence-electron chi connectivity index (χ0n) is 11.8. The van der Waals surface area contributed by atoms with Gasteiger partial charge in [-0.1, -0.05) is 18.2 Å². The van der Waals surface area contributed by atoms with Crippen LogP contribution in [0.2, 0.25) is 0 Å². The van der Waals surface area contributed by atoms with Gasteiger partial charge >= 0.3 is 5.97 Å². The van der Waals surface area contributed by atoms with Crippen LogP contribution in [0.4, 0.5) is 0 Å². The second-order valence-corrected chi connectivity index (χ2v) is 4.32. The zero-order chi connectivity index (χ0) is 15.9. The van der Waals surface area contributed by atoms with E-state index < -0.39 is 11.9 Å². The number of ether oxygens (including phenoxy) is 1. The van der Waals surface area contributed by atoms with Crippen LogP contribution in [0, 0.1) is 0 Å². The number of aromatic carboxylic acids is 1. The van der Waals surface area contributed by atoms with Crippen molar-refractivity contribution < 1.29 is 19.4 Å². The Bertz CT molecular complexity index is 708. The number of benzene rings is 2. The number of hydrazone groups is 1. The summed E-state index contributed by atoms with van der Waals surface area (Å²) in [6, 6.07) is 12.9. The molecular weight excluding hydrogens is 284 g/mol. The molecule has 0 radical (unpaired) electrons. The summed E-state index contributed by atoms with van der Waals surface area (Å²) in [6.07, 6.45) is 1.30. The van der Waals surface area contributed by atoms with Crippen molar-refractivity contribution in [1.82, 2.24) is 5.43 Å². The van der Waals surface area contributed by atoms with E-state index in [4.69, 9.17) is 9.84 Å². The summed E-state index contributed by atoms with van der Waals surface area (Å²) in [4.78, 5) is 22.9. The van der Waals surface area contributed by atoms with Crippen LogP contribution in [0.1, 0.15) is 26.3 Å². The fourth-order valence-electron chi connectivity index (χ4n) is 1.77. The lowest BCUT2D eigenvalue weighted by Gasteiger charge is -2.02. The van der Waals surface area contributed by atoms with Crippen LogP contribution in [-0.4, -0.2) is 30.3 Å². The lowest BCUT2D eigenvalue weighted by atomic mass is 10.1. The molecule has 0 atom stereocenters. The number of hydrogen-bond acceptors (Lipinski definition) is 4. The average Bonchev–Trinajstić information content (AvgIpc) is 2.55. The van der Waals surface area contributed by atoms with Crippen LogP contribution < -0.4 is 10.2 Å². The third kappa shape index (κ3) is 3.69. The van der Waals surface area contributed by atoms with Gasteiger partial charge in [0.05, 0.1) is 18.9 Å². The number of hydrogen-bond donors (Lipinski definition) is 2. The Morgan fingerprint density at radius 3 is 2.45 bits per heavy atom.